The van der Waals surface area contributed by atoms with E-state index in [0.717, 1.165) is 132 Å². The van der Waals surface area contributed by atoms with Crippen molar-refractivity contribution in [3.05, 3.63) is 116 Å². The van der Waals surface area contributed by atoms with Crippen molar-refractivity contribution in [2.45, 2.75) is 236 Å². The predicted molar refractivity (Wildman–Crippen MR) is 293 cm³/mol. The van der Waals surface area contributed by atoms with E-state index >= 15 is 0 Å². The third-order valence-corrected chi connectivity index (χ3v) is 13.8. The number of piperidine rings is 1. The van der Waals surface area contributed by atoms with Gasteiger partial charge in [0.05, 0.1) is 12.5 Å². The van der Waals surface area contributed by atoms with E-state index in [-0.39, 0.29) is 18.5 Å². The fraction of sp³-hybridized carbons (Fsp3) is 0.650. The van der Waals surface area contributed by atoms with Crippen LogP contribution >= 0.6 is 7.82 Å². The van der Waals surface area contributed by atoms with Crippen LogP contribution < -0.4 is 0 Å². The number of carbonyl (C=O) groups excluding carboxylic acids is 1. The third-order valence-electron chi connectivity index (χ3n) is 13.3. The van der Waals surface area contributed by atoms with E-state index in [1.807, 2.05) is 41.5 Å². The Balaban J connectivity index is 2.26. The summed E-state index contributed by atoms with van der Waals surface area (Å²) in [6, 6.07) is 0. The van der Waals surface area contributed by atoms with Gasteiger partial charge in [-0.1, -0.05) is 111 Å². The highest BCUT2D eigenvalue weighted by Gasteiger charge is 2.48. The molecule has 0 aromatic carbocycles. The number of hydrogen-bond acceptors (Lipinski definition) is 5. The smallest absolute Gasteiger partial charge is 0.461 e. The Kier molecular flexibility index (Phi) is 31.8. The summed E-state index contributed by atoms with van der Waals surface area (Å²) in [6.07, 6.45) is 43.2. The second-order valence-corrected chi connectivity index (χ2v) is 23.0. The molecule has 0 atom stereocenters. The number of ether oxygens (including phenoxy) is 1. The highest BCUT2D eigenvalue weighted by molar-refractivity contribution is 7.46. The molecule has 1 fully saturated rings. The third kappa shape index (κ3) is 32.5. The largest absolute Gasteiger partial charge is 0.469 e. The van der Waals surface area contributed by atoms with Crippen molar-refractivity contribution in [3.63, 3.8) is 0 Å². The maximum Gasteiger partial charge on any atom is 0.469 e. The van der Waals surface area contributed by atoms with Gasteiger partial charge in [-0.15, -0.1) is 10.3 Å². The normalized spacial score (nSPS) is 18.1. The summed E-state index contributed by atoms with van der Waals surface area (Å²) >= 11 is 0. The molecular weight excluding hydrogens is 878 g/mol. The average Bonchev–Trinajstić information content (AvgIpc) is 3.24. The minimum atomic E-state index is -4.41. The number of phosphoric acid groups is 1. The summed E-state index contributed by atoms with van der Waals surface area (Å²) < 4.78 is 21.0. The number of rotatable bonds is 33. The van der Waals surface area contributed by atoms with Crippen molar-refractivity contribution in [1.82, 2.24) is 5.06 Å². The topological polar surface area (TPSA) is 116 Å². The van der Waals surface area contributed by atoms with Crippen molar-refractivity contribution < 1.29 is 33.6 Å². The lowest BCUT2D eigenvalue weighted by molar-refractivity contribution is -0.293. The maximum atomic E-state index is 12.9. The first-order valence-electron chi connectivity index (χ1n) is 26.2. The maximum absolute atomic E-state index is 12.9. The molecule has 9 heteroatoms. The minimum absolute atomic E-state index is 0.0617. The zero-order chi connectivity index (χ0) is 52.0. The number of phosphoric ester groups is 1. The van der Waals surface area contributed by atoms with E-state index in [9.17, 15) is 14.6 Å². The fourth-order valence-electron chi connectivity index (χ4n) is 8.90. The van der Waals surface area contributed by atoms with Crippen LogP contribution in [0.5, 0.6) is 0 Å². The highest BCUT2D eigenvalue weighted by Crippen LogP contribution is 2.41. The van der Waals surface area contributed by atoms with E-state index < -0.39 is 18.9 Å². The van der Waals surface area contributed by atoms with Crippen LogP contribution in [0.25, 0.3) is 0 Å². The van der Waals surface area contributed by atoms with Gasteiger partial charge < -0.3 is 14.5 Å². The van der Waals surface area contributed by atoms with Crippen molar-refractivity contribution in [2.24, 2.45) is 5.92 Å². The second-order valence-electron chi connectivity index (χ2n) is 21.8. The average molecular weight is 977 g/mol. The van der Waals surface area contributed by atoms with Crippen LogP contribution in [0, 0.1) is 5.92 Å². The summed E-state index contributed by atoms with van der Waals surface area (Å²) in [7, 11) is -4.41. The second kappa shape index (κ2) is 34.3. The standard InChI is InChI=1S/C60H99NO7P/c1-47(26-16-28-49(3)30-18-32-51(5)34-20-36-53(7)38-22-40-55(9)42-43-68-69(64,65)66)24-15-25-48(2)27-17-29-50(4)31-19-33-52(6)35-21-37-54(8)39-23-41-56(10)46-67-58(62)57-44-59(11,12)61(63)60(13,14)45-57/h25-26,29-30,33-34,37-38,41-42,57H,15-24,27-28,31-32,35-36,39-40,43-46H2,1-14H3,(H2,64,65,66)/b47-26+,48-25+,49-30+,50-29+,51-34+,52-33+,53-38+,54-37+,55-42+,56-41+. The fourth-order valence-corrected chi connectivity index (χ4v) is 9.17. The molecule has 1 aliphatic heterocycles. The Morgan fingerprint density at radius 1 is 0.464 bits per heavy atom. The Hall–Kier alpha value is -3.10. The number of nitrogens with zero attached hydrogens (tertiary/aromatic N) is 1. The van der Waals surface area contributed by atoms with Gasteiger partial charge in [-0.3, -0.25) is 9.32 Å². The van der Waals surface area contributed by atoms with E-state index in [0.29, 0.717) is 19.4 Å². The summed E-state index contributed by atoms with van der Waals surface area (Å²) in [5.41, 5.74) is 12.6. The summed E-state index contributed by atoms with van der Waals surface area (Å²) in [5.74, 6) is -0.431. The Morgan fingerprint density at radius 2 is 0.696 bits per heavy atom. The lowest BCUT2D eigenvalue weighted by atomic mass is 9.75. The number of carbonyl (C=O) groups is 1. The SMILES string of the molecule is C/C(=C\CC/C(C)=C/CC/C(C)=C/CC/C(C)=C/CC/C(C)=C/COP(=O)(O)O)CC/C=C(\C)CC/C=C(\C)CC/C=C(\C)CC/C=C(\C)CC/C=C(\C)COC(=O)C1CC(C)(C)N([O])C(C)(C)C1. The van der Waals surface area contributed by atoms with E-state index in [2.05, 4.69) is 115 Å². The molecule has 0 amide bonds. The molecule has 0 unspecified atom stereocenters. The molecule has 2 N–H and O–H groups in total. The number of hydroxylamine groups is 2. The van der Waals surface area contributed by atoms with Crippen LogP contribution in [0.2, 0.25) is 0 Å². The molecule has 0 aromatic heterocycles. The number of allylic oxidation sites excluding steroid dienone is 18. The summed E-state index contributed by atoms with van der Waals surface area (Å²) in [5, 5.41) is 13.8. The molecule has 0 bridgehead atoms. The van der Waals surface area contributed by atoms with Gasteiger partial charge >= 0.3 is 13.8 Å². The van der Waals surface area contributed by atoms with E-state index in [4.69, 9.17) is 14.5 Å². The predicted octanol–water partition coefficient (Wildman–Crippen LogP) is 17.7. The molecule has 1 radical (unpaired) electrons. The van der Waals surface area contributed by atoms with Crippen LogP contribution in [-0.4, -0.2) is 45.1 Å². The Bertz CT molecular complexity index is 1910. The van der Waals surface area contributed by atoms with Crippen LogP contribution in [0.1, 0.15) is 225 Å². The highest BCUT2D eigenvalue weighted by atomic mass is 31.2. The molecule has 1 heterocycles. The Labute approximate surface area is 422 Å². The molecule has 0 saturated carbocycles. The lowest BCUT2D eigenvalue weighted by Gasteiger charge is -2.49. The molecule has 0 spiro atoms. The molecule has 1 saturated heterocycles. The minimum Gasteiger partial charge on any atom is -0.461 e. The van der Waals surface area contributed by atoms with Crippen LogP contribution in [0.4, 0.5) is 0 Å². The molecule has 69 heavy (non-hydrogen) atoms. The molecule has 391 valence electrons. The van der Waals surface area contributed by atoms with Gasteiger partial charge in [0.15, 0.2) is 0 Å². The Morgan fingerprint density at radius 3 is 0.942 bits per heavy atom. The van der Waals surface area contributed by atoms with Crippen LogP contribution in [0.3, 0.4) is 0 Å². The molecule has 1 rings (SSSR count). The van der Waals surface area contributed by atoms with E-state index in [1.165, 1.54) is 44.6 Å². The van der Waals surface area contributed by atoms with Gasteiger partial charge in [0.1, 0.15) is 6.61 Å². The first-order valence-corrected chi connectivity index (χ1v) is 27.7. The van der Waals surface area contributed by atoms with Crippen LogP contribution in [0.15, 0.2) is 116 Å². The van der Waals surface area contributed by atoms with E-state index in [1.54, 1.807) is 6.08 Å². The van der Waals surface area contributed by atoms with Gasteiger partial charge in [0.2, 0.25) is 0 Å². The summed E-state index contributed by atoms with van der Waals surface area (Å²) in [6.45, 7) is 29.9. The molecular formula is C60H99NO7P. The lowest BCUT2D eigenvalue weighted by Crippen LogP contribution is -2.59. The monoisotopic (exact) mass is 977 g/mol. The zero-order valence-corrected chi connectivity index (χ0v) is 47.1. The van der Waals surface area contributed by atoms with Crippen molar-refractivity contribution in [2.75, 3.05) is 13.2 Å². The molecule has 1 aliphatic rings. The van der Waals surface area contributed by atoms with Crippen LogP contribution in [-0.2, 0) is 23.8 Å². The molecule has 0 aromatic rings. The van der Waals surface area contributed by atoms with Gasteiger partial charge in [-0.25, -0.2) is 4.57 Å². The zero-order valence-electron chi connectivity index (χ0n) is 46.2. The van der Waals surface area contributed by atoms with Gasteiger partial charge in [0.25, 0.3) is 0 Å². The van der Waals surface area contributed by atoms with Gasteiger partial charge in [0, 0.05) is 11.1 Å². The van der Waals surface area contributed by atoms with Gasteiger partial charge in [-0.2, -0.15) is 0 Å². The first-order chi connectivity index (χ1) is 32.3. The molecule has 0 aliphatic carbocycles. The first kappa shape index (κ1) is 63.9. The van der Waals surface area contributed by atoms with Crippen molar-refractivity contribution in [1.29, 1.82) is 0 Å². The quantitative estimate of drug-likeness (QED) is 0.0382. The summed E-state index contributed by atoms with van der Waals surface area (Å²) in [4.78, 5) is 30.4. The number of hydrogen-bond donors (Lipinski definition) is 2. The van der Waals surface area contributed by atoms with Crippen molar-refractivity contribution >= 4 is 13.8 Å². The van der Waals surface area contributed by atoms with Crippen molar-refractivity contribution in [3.8, 4) is 0 Å². The van der Waals surface area contributed by atoms with Gasteiger partial charge in [-0.05, 0) is 231 Å². The number of esters is 1. The molecule has 8 nitrogen and oxygen atoms in total.